The number of carbonyl (C=O) groups excluding carboxylic acids is 1. The van der Waals surface area contributed by atoms with E-state index in [1.807, 2.05) is 56.6 Å². The van der Waals surface area contributed by atoms with Crippen molar-refractivity contribution in [2.45, 2.75) is 26.4 Å². The summed E-state index contributed by atoms with van der Waals surface area (Å²) in [5.74, 6) is 0.903. The second-order valence-corrected chi connectivity index (χ2v) is 6.74. The highest BCUT2D eigenvalue weighted by atomic mass is 16.2. The molecular formula is C22H30N4O. The minimum atomic E-state index is 0.114. The van der Waals surface area contributed by atoms with Crippen LogP contribution in [0.2, 0.25) is 0 Å². The number of amides is 1. The summed E-state index contributed by atoms with van der Waals surface area (Å²) in [7, 11) is 5.61. The van der Waals surface area contributed by atoms with Crippen LogP contribution in [-0.4, -0.2) is 49.4 Å². The number of aryl methyl sites for hydroxylation is 1. The van der Waals surface area contributed by atoms with Gasteiger partial charge in [0, 0.05) is 47.2 Å². The maximum absolute atomic E-state index is 12.4. The maximum Gasteiger partial charge on any atom is 0.224 e. The third-order valence-corrected chi connectivity index (χ3v) is 4.55. The highest BCUT2D eigenvalue weighted by molar-refractivity contribution is 5.81. The molecule has 0 fully saturated rings. The molecule has 0 atom stereocenters. The number of benzene rings is 2. The van der Waals surface area contributed by atoms with Crippen LogP contribution in [0.3, 0.4) is 0 Å². The van der Waals surface area contributed by atoms with E-state index in [9.17, 15) is 4.79 Å². The first-order valence-corrected chi connectivity index (χ1v) is 9.25. The van der Waals surface area contributed by atoms with Crippen molar-refractivity contribution in [3.8, 4) is 0 Å². The standard InChI is InChI=1S/C22H30N4O/c1-18-10-8-9-13-20(18)17-26(4)22(23-2)24-15-14-21(27)25(3)16-19-11-6-5-7-12-19/h5-13H,14-17H2,1-4H3,(H,23,24). The molecule has 1 N–H and O–H groups in total. The summed E-state index contributed by atoms with van der Waals surface area (Å²) >= 11 is 0. The Kier molecular flexibility index (Phi) is 7.86. The number of aliphatic imine (C=N–C) groups is 1. The summed E-state index contributed by atoms with van der Waals surface area (Å²) in [6.07, 6.45) is 0.431. The molecule has 0 aliphatic carbocycles. The molecule has 0 aliphatic rings. The fourth-order valence-corrected chi connectivity index (χ4v) is 2.92. The van der Waals surface area contributed by atoms with Gasteiger partial charge in [-0.05, 0) is 23.6 Å². The van der Waals surface area contributed by atoms with Gasteiger partial charge in [-0.2, -0.15) is 0 Å². The van der Waals surface area contributed by atoms with E-state index >= 15 is 0 Å². The van der Waals surface area contributed by atoms with Gasteiger partial charge >= 0.3 is 0 Å². The Hall–Kier alpha value is -2.82. The zero-order chi connectivity index (χ0) is 19.6. The number of rotatable bonds is 7. The van der Waals surface area contributed by atoms with Crippen LogP contribution < -0.4 is 5.32 Å². The van der Waals surface area contributed by atoms with Crippen LogP contribution in [0.1, 0.15) is 23.1 Å². The Balaban J connectivity index is 1.80. The monoisotopic (exact) mass is 366 g/mol. The lowest BCUT2D eigenvalue weighted by Gasteiger charge is -2.23. The minimum absolute atomic E-state index is 0.114. The number of guanidine groups is 1. The zero-order valence-corrected chi connectivity index (χ0v) is 16.8. The van der Waals surface area contributed by atoms with Crippen LogP contribution in [0, 0.1) is 6.92 Å². The molecule has 0 radical (unpaired) electrons. The van der Waals surface area contributed by atoms with Crippen LogP contribution in [0.4, 0.5) is 0 Å². The van der Waals surface area contributed by atoms with E-state index in [1.54, 1.807) is 11.9 Å². The predicted octanol–water partition coefficient (Wildman–Crippen LogP) is 3.05. The van der Waals surface area contributed by atoms with Crippen LogP contribution >= 0.6 is 0 Å². The van der Waals surface area contributed by atoms with E-state index in [4.69, 9.17) is 0 Å². The van der Waals surface area contributed by atoms with E-state index in [0.29, 0.717) is 19.5 Å². The van der Waals surface area contributed by atoms with Crippen molar-refractivity contribution in [2.24, 2.45) is 4.99 Å². The number of nitrogens with zero attached hydrogens (tertiary/aromatic N) is 3. The SMILES string of the molecule is CN=C(NCCC(=O)N(C)Cc1ccccc1)N(C)Cc1ccccc1C. The smallest absolute Gasteiger partial charge is 0.224 e. The average Bonchev–Trinajstić information content (AvgIpc) is 2.67. The van der Waals surface area contributed by atoms with Gasteiger partial charge in [0.15, 0.2) is 5.96 Å². The van der Waals surface area contributed by atoms with E-state index in [1.165, 1.54) is 11.1 Å². The summed E-state index contributed by atoms with van der Waals surface area (Å²) in [6.45, 7) is 4.07. The van der Waals surface area contributed by atoms with Crippen molar-refractivity contribution < 1.29 is 4.79 Å². The summed E-state index contributed by atoms with van der Waals surface area (Å²) < 4.78 is 0. The lowest BCUT2D eigenvalue weighted by molar-refractivity contribution is -0.130. The average molecular weight is 367 g/mol. The van der Waals surface area contributed by atoms with Gasteiger partial charge in [0.25, 0.3) is 0 Å². The molecule has 0 saturated heterocycles. The number of nitrogens with one attached hydrogen (secondary N) is 1. The summed E-state index contributed by atoms with van der Waals surface area (Å²) in [5.41, 5.74) is 3.66. The molecule has 1 amide bonds. The summed E-state index contributed by atoms with van der Waals surface area (Å²) in [6, 6.07) is 18.4. The van der Waals surface area contributed by atoms with Crippen LogP contribution in [0.15, 0.2) is 59.6 Å². The molecule has 27 heavy (non-hydrogen) atoms. The number of carbonyl (C=O) groups is 1. The molecular weight excluding hydrogens is 336 g/mol. The lowest BCUT2D eigenvalue weighted by atomic mass is 10.1. The molecule has 0 unspecified atom stereocenters. The Morgan fingerprint density at radius 1 is 0.963 bits per heavy atom. The van der Waals surface area contributed by atoms with E-state index in [-0.39, 0.29) is 5.91 Å². The Labute approximate surface area is 162 Å². The predicted molar refractivity (Wildman–Crippen MR) is 112 cm³/mol. The highest BCUT2D eigenvalue weighted by Crippen LogP contribution is 2.09. The lowest BCUT2D eigenvalue weighted by Crippen LogP contribution is -2.40. The zero-order valence-electron chi connectivity index (χ0n) is 16.8. The second kappa shape index (κ2) is 10.4. The third-order valence-electron chi connectivity index (χ3n) is 4.55. The molecule has 2 rings (SSSR count). The molecule has 0 aromatic heterocycles. The van der Waals surface area contributed by atoms with E-state index in [0.717, 1.165) is 18.1 Å². The molecule has 0 heterocycles. The van der Waals surface area contributed by atoms with Crippen molar-refractivity contribution in [1.82, 2.24) is 15.1 Å². The van der Waals surface area contributed by atoms with Gasteiger partial charge in [-0.3, -0.25) is 9.79 Å². The van der Waals surface area contributed by atoms with Gasteiger partial charge in [-0.15, -0.1) is 0 Å². The first-order valence-electron chi connectivity index (χ1n) is 9.25. The molecule has 144 valence electrons. The van der Waals surface area contributed by atoms with Crippen molar-refractivity contribution in [3.05, 3.63) is 71.3 Å². The topological polar surface area (TPSA) is 47.9 Å². The van der Waals surface area contributed by atoms with Gasteiger partial charge in [-0.25, -0.2) is 0 Å². The molecule has 0 bridgehead atoms. The first-order chi connectivity index (χ1) is 13.0. The first kappa shape index (κ1) is 20.5. The van der Waals surface area contributed by atoms with Gasteiger partial charge in [0.1, 0.15) is 0 Å². The third kappa shape index (κ3) is 6.44. The fraction of sp³-hybridized carbons (Fsp3) is 0.364. The fourth-order valence-electron chi connectivity index (χ4n) is 2.92. The summed E-state index contributed by atoms with van der Waals surface area (Å²) in [4.78, 5) is 20.5. The van der Waals surface area contributed by atoms with Crippen molar-refractivity contribution in [3.63, 3.8) is 0 Å². The minimum Gasteiger partial charge on any atom is -0.356 e. The normalized spacial score (nSPS) is 11.2. The highest BCUT2D eigenvalue weighted by Gasteiger charge is 2.11. The van der Waals surface area contributed by atoms with Crippen molar-refractivity contribution in [2.75, 3.05) is 27.7 Å². The molecule has 5 nitrogen and oxygen atoms in total. The molecule has 0 spiro atoms. The molecule has 2 aromatic rings. The largest absolute Gasteiger partial charge is 0.356 e. The number of hydrogen-bond donors (Lipinski definition) is 1. The quantitative estimate of drug-likeness (QED) is 0.605. The van der Waals surface area contributed by atoms with Crippen LogP contribution in [0.5, 0.6) is 0 Å². The second-order valence-electron chi connectivity index (χ2n) is 6.74. The van der Waals surface area contributed by atoms with Gasteiger partial charge < -0.3 is 15.1 Å². The Morgan fingerprint density at radius 2 is 1.63 bits per heavy atom. The molecule has 2 aromatic carbocycles. The van der Waals surface area contributed by atoms with Crippen molar-refractivity contribution in [1.29, 1.82) is 0 Å². The maximum atomic E-state index is 12.4. The molecule has 5 heteroatoms. The van der Waals surface area contributed by atoms with Gasteiger partial charge in [0.05, 0.1) is 0 Å². The molecule has 0 saturated carbocycles. The van der Waals surface area contributed by atoms with Crippen molar-refractivity contribution >= 4 is 11.9 Å². The Bertz CT molecular complexity index is 758. The van der Waals surface area contributed by atoms with Crippen LogP contribution in [-0.2, 0) is 17.9 Å². The molecule has 0 aliphatic heterocycles. The summed E-state index contributed by atoms with van der Waals surface area (Å²) in [5, 5.41) is 3.29. The number of hydrogen-bond acceptors (Lipinski definition) is 2. The van der Waals surface area contributed by atoms with Gasteiger partial charge in [0.2, 0.25) is 5.91 Å². The van der Waals surface area contributed by atoms with E-state index < -0.39 is 0 Å². The Morgan fingerprint density at radius 3 is 2.30 bits per heavy atom. The van der Waals surface area contributed by atoms with Gasteiger partial charge in [-0.1, -0.05) is 54.6 Å². The van der Waals surface area contributed by atoms with Crippen LogP contribution in [0.25, 0.3) is 0 Å². The van der Waals surface area contributed by atoms with E-state index in [2.05, 4.69) is 34.3 Å².